The quantitative estimate of drug-likeness (QED) is 0.711. The molecule has 0 amide bonds. The largest absolute Gasteiger partial charge is 0.394 e. The van der Waals surface area contributed by atoms with Crippen LogP contribution in [0.4, 0.5) is 0 Å². The van der Waals surface area contributed by atoms with Gasteiger partial charge in [-0.3, -0.25) is 0 Å². The van der Waals surface area contributed by atoms with Crippen molar-refractivity contribution in [1.82, 2.24) is 0 Å². The Bertz CT molecular complexity index is 541. The van der Waals surface area contributed by atoms with Crippen molar-refractivity contribution < 1.29 is 5.11 Å². The summed E-state index contributed by atoms with van der Waals surface area (Å²) < 4.78 is 0. The fourth-order valence-electron chi connectivity index (χ4n) is 4.80. The predicted octanol–water partition coefficient (Wildman–Crippen LogP) is 4.72. The molecule has 2 heteroatoms. The van der Waals surface area contributed by atoms with Crippen LogP contribution in [0.3, 0.4) is 0 Å². The number of aliphatic hydroxyl groups excluding tert-OH is 1. The third-order valence-electron chi connectivity index (χ3n) is 6.46. The van der Waals surface area contributed by atoms with Gasteiger partial charge in [-0.2, -0.15) is 0 Å². The summed E-state index contributed by atoms with van der Waals surface area (Å²) in [6.45, 7) is 2.40. The maximum Gasteiger partial charge on any atom is 0.0611 e. The van der Waals surface area contributed by atoms with Gasteiger partial charge in [-0.1, -0.05) is 57.2 Å². The highest BCUT2D eigenvalue weighted by Gasteiger charge is 2.36. The van der Waals surface area contributed by atoms with Gasteiger partial charge in [0.05, 0.1) is 6.61 Å². The van der Waals surface area contributed by atoms with Crippen molar-refractivity contribution in [3.05, 3.63) is 34.9 Å². The molecule has 134 valence electrons. The Morgan fingerprint density at radius 1 is 1.17 bits per heavy atom. The Labute approximate surface area is 147 Å². The van der Waals surface area contributed by atoms with Crippen LogP contribution in [-0.2, 0) is 12.8 Å². The molecule has 0 spiro atoms. The summed E-state index contributed by atoms with van der Waals surface area (Å²) >= 11 is 0. The first-order valence-corrected chi connectivity index (χ1v) is 10.1. The molecule has 0 saturated heterocycles. The molecular weight excluding hydrogens is 294 g/mol. The van der Waals surface area contributed by atoms with E-state index in [1.54, 1.807) is 11.1 Å². The standard InChI is InChI=1S/C22H35NO/c1-2-3-4-5-6-17-7-8-19-14-20(10-9-18(19)13-17)21-11-12-22(23,15-21)16-24/h9-10,14,17,21,24H,2-8,11-13,15-16,23H2,1H3/t17-,21?,22+/m0/s1. The van der Waals surface area contributed by atoms with E-state index in [9.17, 15) is 5.11 Å². The average molecular weight is 330 g/mol. The molecule has 1 aromatic carbocycles. The summed E-state index contributed by atoms with van der Waals surface area (Å²) in [6, 6.07) is 7.18. The minimum Gasteiger partial charge on any atom is -0.394 e. The zero-order valence-electron chi connectivity index (χ0n) is 15.4. The van der Waals surface area contributed by atoms with E-state index in [0.717, 1.165) is 25.2 Å². The van der Waals surface area contributed by atoms with E-state index >= 15 is 0 Å². The lowest BCUT2D eigenvalue weighted by Gasteiger charge is -2.26. The molecule has 3 N–H and O–H groups in total. The van der Waals surface area contributed by atoms with Gasteiger partial charge < -0.3 is 10.8 Å². The lowest BCUT2D eigenvalue weighted by Crippen LogP contribution is -2.40. The van der Waals surface area contributed by atoms with Gasteiger partial charge >= 0.3 is 0 Å². The first-order chi connectivity index (χ1) is 11.6. The molecule has 24 heavy (non-hydrogen) atoms. The Morgan fingerprint density at radius 2 is 2.04 bits per heavy atom. The van der Waals surface area contributed by atoms with Crippen molar-refractivity contribution in [2.45, 2.75) is 89.0 Å². The third-order valence-corrected chi connectivity index (χ3v) is 6.46. The predicted molar refractivity (Wildman–Crippen MR) is 101 cm³/mol. The molecule has 1 fully saturated rings. The molecule has 3 rings (SSSR count). The van der Waals surface area contributed by atoms with Crippen molar-refractivity contribution in [1.29, 1.82) is 0 Å². The zero-order chi connectivity index (χ0) is 17.0. The molecule has 3 atom stereocenters. The average Bonchev–Trinajstić information content (AvgIpc) is 3.01. The van der Waals surface area contributed by atoms with E-state index in [1.807, 2.05) is 0 Å². The second-order valence-corrected chi connectivity index (χ2v) is 8.45. The Hall–Kier alpha value is -0.860. The number of unbranched alkanes of at least 4 members (excludes halogenated alkanes) is 3. The lowest BCUT2D eigenvalue weighted by atomic mass is 9.79. The van der Waals surface area contributed by atoms with Crippen LogP contribution in [0.25, 0.3) is 0 Å². The minimum atomic E-state index is -0.343. The van der Waals surface area contributed by atoms with Crippen LogP contribution in [0.2, 0.25) is 0 Å². The summed E-state index contributed by atoms with van der Waals surface area (Å²) in [5.41, 5.74) is 10.5. The van der Waals surface area contributed by atoms with Crippen LogP contribution in [0.1, 0.15) is 87.3 Å². The van der Waals surface area contributed by atoms with Crippen molar-refractivity contribution >= 4 is 0 Å². The van der Waals surface area contributed by atoms with E-state index in [-0.39, 0.29) is 12.1 Å². The summed E-state index contributed by atoms with van der Waals surface area (Å²) in [6.07, 6.45) is 13.9. The topological polar surface area (TPSA) is 46.2 Å². The fourth-order valence-corrected chi connectivity index (χ4v) is 4.80. The van der Waals surface area contributed by atoms with E-state index in [1.165, 1.54) is 56.9 Å². The van der Waals surface area contributed by atoms with Crippen molar-refractivity contribution in [3.8, 4) is 0 Å². The fraction of sp³-hybridized carbons (Fsp3) is 0.727. The monoisotopic (exact) mass is 329 g/mol. The van der Waals surface area contributed by atoms with Gasteiger partial charge in [0.15, 0.2) is 0 Å². The smallest absolute Gasteiger partial charge is 0.0611 e. The Balaban J connectivity index is 1.58. The maximum absolute atomic E-state index is 9.49. The molecule has 2 nitrogen and oxygen atoms in total. The second-order valence-electron chi connectivity index (χ2n) is 8.45. The van der Waals surface area contributed by atoms with Gasteiger partial charge in [-0.05, 0) is 67.1 Å². The number of fused-ring (bicyclic) bond motifs is 1. The number of nitrogens with two attached hydrogens (primary N) is 1. The minimum absolute atomic E-state index is 0.119. The number of rotatable bonds is 7. The SMILES string of the molecule is CCCCCC[C@H]1CCc2cc(C3CC[C@](N)(CO)C3)ccc2C1. The van der Waals surface area contributed by atoms with E-state index in [4.69, 9.17) is 5.73 Å². The van der Waals surface area contributed by atoms with Gasteiger partial charge in [0.1, 0.15) is 0 Å². The number of hydrogen-bond donors (Lipinski definition) is 2. The maximum atomic E-state index is 9.49. The van der Waals surface area contributed by atoms with Gasteiger partial charge in [0.2, 0.25) is 0 Å². The van der Waals surface area contributed by atoms with Gasteiger partial charge in [0, 0.05) is 5.54 Å². The van der Waals surface area contributed by atoms with E-state index < -0.39 is 0 Å². The van der Waals surface area contributed by atoms with E-state index in [0.29, 0.717) is 5.92 Å². The highest BCUT2D eigenvalue weighted by Crippen LogP contribution is 2.40. The van der Waals surface area contributed by atoms with Gasteiger partial charge in [-0.15, -0.1) is 0 Å². The first-order valence-electron chi connectivity index (χ1n) is 10.1. The molecule has 1 saturated carbocycles. The normalized spacial score (nSPS) is 29.6. The molecule has 0 aromatic heterocycles. The van der Waals surface area contributed by atoms with Crippen LogP contribution in [-0.4, -0.2) is 17.3 Å². The number of hydrogen-bond acceptors (Lipinski definition) is 2. The molecule has 0 heterocycles. The number of aliphatic hydroxyl groups is 1. The van der Waals surface area contributed by atoms with Crippen LogP contribution in [0.5, 0.6) is 0 Å². The van der Waals surface area contributed by atoms with Crippen LogP contribution < -0.4 is 5.73 Å². The van der Waals surface area contributed by atoms with E-state index in [2.05, 4.69) is 25.1 Å². The van der Waals surface area contributed by atoms with Crippen LogP contribution >= 0.6 is 0 Å². The molecule has 1 aromatic rings. The van der Waals surface area contributed by atoms with Crippen molar-refractivity contribution in [3.63, 3.8) is 0 Å². The number of aryl methyl sites for hydroxylation is 1. The Morgan fingerprint density at radius 3 is 2.79 bits per heavy atom. The second kappa shape index (κ2) is 8.01. The molecule has 0 radical (unpaired) electrons. The van der Waals surface area contributed by atoms with Crippen LogP contribution in [0.15, 0.2) is 18.2 Å². The third kappa shape index (κ3) is 4.21. The summed E-state index contributed by atoms with van der Waals surface area (Å²) in [4.78, 5) is 0. The Kier molecular flexibility index (Phi) is 5.99. The van der Waals surface area contributed by atoms with Crippen molar-refractivity contribution in [2.75, 3.05) is 6.61 Å². The lowest BCUT2D eigenvalue weighted by molar-refractivity contribution is 0.198. The van der Waals surface area contributed by atoms with Gasteiger partial charge in [-0.25, -0.2) is 0 Å². The highest BCUT2D eigenvalue weighted by atomic mass is 16.3. The highest BCUT2D eigenvalue weighted by molar-refractivity contribution is 5.36. The molecule has 0 aliphatic heterocycles. The molecule has 2 aliphatic rings. The summed E-state index contributed by atoms with van der Waals surface area (Å²) in [5, 5.41) is 9.49. The van der Waals surface area contributed by atoms with Gasteiger partial charge in [0.25, 0.3) is 0 Å². The zero-order valence-corrected chi connectivity index (χ0v) is 15.4. The molecular formula is C22H35NO. The summed E-state index contributed by atoms with van der Waals surface area (Å²) in [7, 11) is 0. The molecule has 0 bridgehead atoms. The molecule has 1 unspecified atom stereocenters. The first kappa shape index (κ1) is 17.9. The molecule has 2 aliphatic carbocycles. The van der Waals surface area contributed by atoms with Crippen molar-refractivity contribution in [2.24, 2.45) is 11.7 Å². The van der Waals surface area contributed by atoms with Crippen LogP contribution in [0, 0.1) is 5.92 Å². The summed E-state index contributed by atoms with van der Waals surface area (Å²) in [5.74, 6) is 1.44. The number of benzene rings is 1.